The van der Waals surface area contributed by atoms with Crippen LogP contribution in [0.15, 0.2) is 15.4 Å². The van der Waals surface area contributed by atoms with Crippen molar-refractivity contribution in [1.82, 2.24) is 20.6 Å². The summed E-state index contributed by atoms with van der Waals surface area (Å²) in [7, 11) is 0. The Hall–Kier alpha value is -2.08. The van der Waals surface area contributed by atoms with Crippen LogP contribution >= 0.6 is 12.4 Å². The number of nitriles is 2. The Bertz CT molecular complexity index is 537. The minimum atomic E-state index is 0. The van der Waals surface area contributed by atoms with Gasteiger partial charge in [-0.15, -0.1) is 27.7 Å². The molecule has 0 radical (unpaired) electrons. The Labute approximate surface area is 167 Å². The number of nitrogens with one attached hydrogen (secondary N) is 1. The van der Waals surface area contributed by atoms with E-state index in [1.165, 1.54) is 11.3 Å². The molecule has 1 aliphatic heterocycles. The average Bonchev–Trinajstić information content (AvgIpc) is 3.16. The number of aromatic amines is 1. The summed E-state index contributed by atoms with van der Waals surface area (Å²) in [6, 6.07) is 3.31. The van der Waals surface area contributed by atoms with E-state index in [-0.39, 0.29) is 48.4 Å². The summed E-state index contributed by atoms with van der Waals surface area (Å²) >= 11 is 0. The van der Waals surface area contributed by atoms with Crippen LogP contribution in [0.1, 0.15) is 32.5 Å². The van der Waals surface area contributed by atoms with Crippen LogP contribution in [-0.4, -0.2) is 32.9 Å². The second kappa shape index (κ2) is 25.9. The van der Waals surface area contributed by atoms with E-state index in [1.54, 1.807) is 12.1 Å². The Morgan fingerprint density at radius 3 is 2.08 bits per heavy atom. The SMILES string of the molecule is C1N=NN=C1Cc1nn[nH]n1.CCC.Cl.N#CCC#N.[N-]=[N+]=[N-].[Na+]. The molecule has 1 aromatic heterocycles. The fraction of sp³-hybridized carbons (Fsp3) is 0.600. The van der Waals surface area contributed by atoms with Crippen molar-refractivity contribution in [3.05, 3.63) is 21.8 Å². The van der Waals surface area contributed by atoms with Crippen LogP contribution < -0.4 is 29.6 Å². The summed E-state index contributed by atoms with van der Waals surface area (Å²) in [5.74, 6) is 0.621. The third kappa shape index (κ3) is 22.2. The zero-order chi connectivity index (χ0) is 17.1. The molecular formula is C10H16ClN12Na. The van der Waals surface area contributed by atoms with Crippen molar-refractivity contribution in [3.63, 3.8) is 0 Å². The molecule has 2 heterocycles. The van der Waals surface area contributed by atoms with Crippen LogP contribution in [0.25, 0.3) is 16.0 Å². The number of nitrogens with zero attached hydrogens (tertiary/aromatic N) is 11. The van der Waals surface area contributed by atoms with Crippen molar-refractivity contribution in [2.45, 2.75) is 33.1 Å². The maximum Gasteiger partial charge on any atom is 1.00 e. The molecular weight excluding hydrogens is 347 g/mol. The Kier molecular flexibility index (Phi) is 32.2. The largest absolute Gasteiger partial charge is 1.00 e. The number of H-pyrrole nitrogens is 1. The van der Waals surface area contributed by atoms with Gasteiger partial charge in [-0.3, -0.25) is 4.91 Å². The van der Waals surface area contributed by atoms with Gasteiger partial charge in [0.1, 0.15) is 13.0 Å². The van der Waals surface area contributed by atoms with Gasteiger partial charge in [-0.05, 0) is 5.22 Å². The van der Waals surface area contributed by atoms with E-state index in [4.69, 9.17) is 21.6 Å². The number of rotatable bonds is 2. The Morgan fingerprint density at radius 2 is 1.79 bits per heavy atom. The quantitative estimate of drug-likeness (QED) is 0.325. The molecule has 0 spiro atoms. The molecule has 0 saturated carbocycles. The van der Waals surface area contributed by atoms with Crippen molar-refractivity contribution in [3.8, 4) is 12.1 Å². The van der Waals surface area contributed by atoms with Crippen LogP contribution in [0.4, 0.5) is 0 Å². The number of hydrogen-bond acceptors (Lipinski definition) is 8. The Balaban J connectivity index is -0.000000132. The second-order valence-corrected chi connectivity index (χ2v) is 3.35. The zero-order valence-electron chi connectivity index (χ0n) is 13.7. The first-order chi connectivity index (χ1) is 10.7. The molecule has 0 unspecified atom stereocenters. The molecule has 0 atom stereocenters. The van der Waals surface area contributed by atoms with Gasteiger partial charge >= 0.3 is 29.6 Å². The van der Waals surface area contributed by atoms with Gasteiger partial charge < -0.3 is 11.1 Å². The monoisotopic (exact) mass is 362 g/mol. The third-order valence-corrected chi connectivity index (χ3v) is 1.41. The summed E-state index contributed by atoms with van der Waals surface area (Å²) in [6.45, 7) is 4.80. The maximum absolute atomic E-state index is 7.59. The molecule has 14 heteroatoms. The first kappa shape index (κ1) is 29.9. The van der Waals surface area contributed by atoms with Gasteiger partial charge in [0.2, 0.25) is 0 Å². The predicted octanol–water partition coefficient (Wildman–Crippen LogP) is -0.304. The minimum Gasteiger partial charge on any atom is -0.373 e. The van der Waals surface area contributed by atoms with Crippen molar-refractivity contribution >= 4 is 18.1 Å². The summed E-state index contributed by atoms with van der Waals surface area (Å²) in [4.78, 5) is 1.50. The number of aromatic nitrogens is 4. The third-order valence-electron chi connectivity index (χ3n) is 1.41. The Morgan fingerprint density at radius 1 is 1.25 bits per heavy atom. The number of tetrazole rings is 1. The molecule has 1 aromatic rings. The normalized spacial score (nSPS) is 9.08. The van der Waals surface area contributed by atoms with Gasteiger partial charge in [0.05, 0.1) is 24.3 Å². The second-order valence-electron chi connectivity index (χ2n) is 3.35. The molecule has 0 saturated heterocycles. The molecule has 0 fully saturated rings. The zero-order valence-corrected chi connectivity index (χ0v) is 16.5. The standard InChI is InChI=1S/C4H5N7.C3H2N2.C3H8.ClH.N3.Na/c1(3-2-5-9-6-3)4-7-10-11-8-4;4-2-1-3-5;1-3-2;;1-3-2;/h1-2H2,(H,7,8,10,11);1H2;3H2,1-2H3;1H;;/q;;;;-1;+1. The van der Waals surface area contributed by atoms with Gasteiger partial charge in [-0.1, -0.05) is 25.5 Å². The first-order valence-corrected chi connectivity index (χ1v) is 6.06. The van der Waals surface area contributed by atoms with Gasteiger partial charge in [0.15, 0.2) is 5.82 Å². The topological polar surface area (TPSA) is 198 Å². The van der Waals surface area contributed by atoms with E-state index in [1.807, 2.05) is 0 Å². The molecule has 2 rings (SSSR count). The van der Waals surface area contributed by atoms with Crippen molar-refractivity contribution in [2.24, 2.45) is 15.4 Å². The minimum absolute atomic E-state index is 0. The van der Waals surface area contributed by atoms with Gasteiger partial charge in [-0.25, -0.2) is 0 Å². The van der Waals surface area contributed by atoms with E-state index in [0.29, 0.717) is 18.8 Å². The van der Waals surface area contributed by atoms with E-state index in [0.717, 1.165) is 5.71 Å². The molecule has 0 aliphatic carbocycles. The molecule has 124 valence electrons. The summed E-state index contributed by atoms with van der Waals surface area (Å²) in [5, 5.41) is 39.4. The first-order valence-electron chi connectivity index (χ1n) is 6.06. The molecule has 0 amide bonds. The van der Waals surface area contributed by atoms with E-state index < -0.39 is 0 Å². The molecule has 24 heavy (non-hydrogen) atoms. The summed E-state index contributed by atoms with van der Waals surface area (Å²) in [5.41, 5.74) is 14.4. The average molecular weight is 363 g/mol. The summed E-state index contributed by atoms with van der Waals surface area (Å²) < 4.78 is 0. The van der Waals surface area contributed by atoms with Crippen LogP contribution in [0, 0.1) is 22.7 Å². The van der Waals surface area contributed by atoms with Crippen LogP contribution in [-0.2, 0) is 6.42 Å². The van der Waals surface area contributed by atoms with Crippen LogP contribution in [0.5, 0.6) is 0 Å². The van der Waals surface area contributed by atoms with Crippen LogP contribution in [0.2, 0.25) is 0 Å². The fourth-order valence-corrected chi connectivity index (χ4v) is 0.806. The number of hydrogen-bond donors (Lipinski definition) is 1. The van der Waals surface area contributed by atoms with Crippen molar-refractivity contribution in [2.75, 3.05) is 6.54 Å². The van der Waals surface area contributed by atoms with Gasteiger partial charge in [-0.2, -0.15) is 20.9 Å². The van der Waals surface area contributed by atoms with E-state index in [2.05, 4.69) is 49.9 Å². The van der Waals surface area contributed by atoms with Gasteiger partial charge in [0, 0.05) is 0 Å². The smallest absolute Gasteiger partial charge is 0.373 e. The molecule has 12 nitrogen and oxygen atoms in total. The summed E-state index contributed by atoms with van der Waals surface area (Å²) in [6.07, 6.45) is 1.82. The van der Waals surface area contributed by atoms with Crippen molar-refractivity contribution in [1.29, 1.82) is 10.5 Å². The maximum atomic E-state index is 7.59. The molecule has 1 aliphatic rings. The van der Waals surface area contributed by atoms with E-state index in [9.17, 15) is 0 Å². The molecule has 0 bridgehead atoms. The number of halogens is 1. The van der Waals surface area contributed by atoms with E-state index >= 15 is 0 Å². The fourth-order valence-electron chi connectivity index (χ4n) is 0.806. The molecule has 0 aromatic carbocycles. The predicted molar refractivity (Wildman–Crippen MR) is 84.2 cm³/mol. The van der Waals surface area contributed by atoms with Crippen LogP contribution in [0.3, 0.4) is 0 Å². The van der Waals surface area contributed by atoms with Crippen molar-refractivity contribution < 1.29 is 29.6 Å². The molecule has 1 N–H and O–H groups in total. The van der Waals surface area contributed by atoms with Gasteiger partial charge in [0.25, 0.3) is 0 Å².